The molecule has 2 aromatic carbocycles. The van der Waals surface area contributed by atoms with Crippen LogP contribution in [0, 0.1) is 11.8 Å². The van der Waals surface area contributed by atoms with Gasteiger partial charge in [0.25, 0.3) is 0 Å². The Labute approximate surface area is 187 Å². The van der Waals surface area contributed by atoms with Gasteiger partial charge in [-0.1, -0.05) is 18.2 Å². The van der Waals surface area contributed by atoms with Crippen molar-refractivity contribution in [3.8, 4) is 0 Å². The van der Waals surface area contributed by atoms with Crippen molar-refractivity contribution in [2.24, 2.45) is 11.8 Å². The predicted molar refractivity (Wildman–Crippen MR) is 121 cm³/mol. The molecule has 2 heterocycles. The number of anilines is 2. The molecule has 2 fully saturated rings. The molecule has 0 aromatic heterocycles. The second-order valence-electron chi connectivity index (χ2n) is 8.46. The maximum atomic E-state index is 13.0. The summed E-state index contributed by atoms with van der Waals surface area (Å²) in [5.41, 5.74) is 2.08. The molecule has 166 valence electrons. The van der Waals surface area contributed by atoms with Crippen LogP contribution in [0.1, 0.15) is 36.5 Å². The van der Waals surface area contributed by atoms with Crippen LogP contribution in [0.25, 0.3) is 0 Å². The molecule has 7 heteroatoms. The number of hydrogen-bond donors (Lipinski definition) is 1. The van der Waals surface area contributed by atoms with E-state index in [1.807, 2.05) is 30.3 Å². The van der Waals surface area contributed by atoms with Gasteiger partial charge in [-0.3, -0.25) is 19.2 Å². The molecule has 2 aliphatic heterocycles. The molecular formula is C25H27N3O4. The second kappa shape index (κ2) is 9.34. The standard InChI is InChI=1S/C25H27N3O4/c1-17(29)18-7-9-21(10-8-18)26-24(31)19-11-13-27(14-12-19)25(32)20-15-23(30)28(16-20)22-5-3-2-4-6-22/h2-10,19-20H,11-16H2,1H3,(H,26,31). The fraction of sp³-hybridized carbons (Fsp3) is 0.360. The van der Waals surface area contributed by atoms with Crippen LogP contribution < -0.4 is 10.2 Å². The average molecular weight is 434 g/mol. The highest BCUT2D eigenvalue weighted by Gasteiger charge is 2.38. The van der Waals surface area contributed by atoms with Crippen molar-refractivity contribution in [1.29, 1.82) is 0 Å². The third kappa shape index (κ3) is 4.72. The molecule has 7 nitrogen and oxygen atoms in total. The smallest absolute Gasteiger partial charge is 0.228 e. The number of nitrogens with zero attached hydrogens (tertiary/aromatic N) is 2. The van der Waals surface area contributed by atoms with Crippen LogP contribution >= 0.6 is 0 Å². The van der Waals surface area contributed by atoms with Gasteiger partial charge in [0.2, 0.25) is 17.7 Å². The lowest BCUT2D eigenvalue weighted by Gasteiger charge is -2.33. The molecule has 0 spiro atoms. The van der Waals surface area contributed by atoms with Crippen molar-refractivity contribution in [3.05, 3.63) is 60.2 Å². The molecule has 0 aliphatic carbocycles. The Kier molecular flexibility index (Phi) is 6.35. The summed E-state index contributed by atoms with van der Waals surface area (Å²) in [6, 6.07) is 16.3. The summed E-state index contributed by atoms with van der Waals surface area (Å²) in [6.45, 7) is 2.92. The van der Waals surface area contributed by atoms with E-state index < -0.39 is 0 Å². The summed E-state index contributed by atoms with van der Waals surface area (Å²) in [5.74, 6) is -0.629. The van der Waals surface area contributed by atoms with Gasteiger partial charge in [0.05, 0.1) is 5.92 Å². The molecule has 0 saturated carbocycles. The first-order valence-electron chi connectivity index (χ1n) is 11.0. The van der Waals surface area contributed by atoms with Crippen LogP contribution in [0.2, 0.25) is 0 Å². The summed E-state index contributed by atoms with van der Waals surface area (Å²) in [7, 11) is 0. The normalized spacial score (nSPS) is 19.2. The second-order valence-corrected chi connectivity index (χ2v) is 8.46. The quantitative estimate of drug-likeness (QED) is 0.734. The van der Waals surface area contributed by atoms with E-state index in [4.69, 9.17) is 0 Å². The van der Waals surface area contributed by atoms with Crippen molar-refractivity contribution in [2.45, 2.75) is 26.2 Å². The van der Waals surface area contributed by atoms with E-state index >= 15 is 0 Å². The topological polar surface area (TPSA) is 86.8 Å². The maximum absolute atomic E-state index is 13.0. The summed E-state index contributed by atoms with van der Waals surface area (Å²) < 4.78 is 0. The first-order valence-corrected chi connectivity index (χ1v) is 11.0. The number of hydrogen-bond acceptors (Lipinski definition) is 4. The molecule has 2 aliphatic rings. The van der Waals surface area contributed by atoms with Crippen molar-refractivity contribution in [2.75, 3.05) is 29.9 Å². The van der Waals surface area contributed by atoms with E-state index in [9.17, 15) is 19.2 Å². The number of likely N-dealkylation sites (tertiary alicyclic amines) is 1. The summed E-state index contributed by atoms with van der Waals surface area (Å²) in [4.78, 5) is 52.9. The van der Waals surface area contributed by atoms with Crippen molar-refractivity contribution in [1.82, 2.24) is 4.90 Å². The Hall–Kier alpha value is -3.48. The number of carbonyl (C=O) groups is 4. The van der Waals surface area contributed by atoms with Crippen LogP contribution in [0.3, 0.4) is 0 Å². The minimum atomic E-state index is -0.340. The van der Waals surface area contributed by atoms with E-state index in [-0.39, 0.29) is 41.8 Å². The fourth-order valence-corrected chi connectivity index (χ4v) is 4.38. The number of para-hydroxylation sites is 1. The molecule has 2 saturated heterocycles. The maximum Gasteiger partial charge on any atom is 0.228 e. The van der Waals surface area contributed by atoms with Crippen LogP contribution in [0.15, 0.2) is 54.6 Å². The summed E-state index contributed by atoms with van der Waals surface area (Å²) in [5, 5.41) is 2.90. The molecule has 32 heavy (non-hydrogen) atoms. The van der Waals surface area contributed by atoms with Gasteiger partial charge in [0, 0.05) is 48.9 Å². The highest BCUT2D eigenvalue weighted by atomic mass is 16.2. The third-order valence-corrected chi connectivity index (χ3v) is 6.28. The van der Waals surface area contributed by atoms with E-state index in [0.717, 1.165) is 5.69 Å². The largest absolute Gasteiger partial charge is 0.342 e. The lowest BCUT2D eigenvalue weighted by atomic mass is 9.94. The van der Waals surface area contributed by atoms with Gasteiger partial charge in [0.15, 0.2) is 5.78 Å². The molecule has 1 unspecified atom stereocenters. The minimum absolute atomic E-state index is 0.00420. The summed E-state index contributed by atoms with van der Waals surface area (Å²) >= 11 is 0. The number of ketones is 1. The number of Topliss-reactive ketones (excluding diaryl/α,β-unsaturated/α-hetero) is 1. The van der Waals surface area contributed by atoms with Crippen LogP contribution in [0.5, 0.6) is 0 Å². The summed E-state index contributed by atoms with van der Waals surface area (Å²) in [6.07, 6.45) is 1.41. The van der Waals surface area contributed by atoms with Gasteiger partial charge in [-0.05, 0) is 56.2 Å². The zero-order valence-electron chi connectivity index (χ0n) is 18.1. The zero-order valence-corrected chi connectivity index (χ0v) is 18.1. The minimum Gasteiger partial charge on any atom is -0.342 e. The average Bonchev–Trinajstić information content (AvgIpc) is 3.21. The fourth-order valence-electron chi connectivity index (χ4n) is 4.38. The number of piperidine rings is 1. The Bertz CT molecular complexity index is 1010. The Morgan fingerprint density at radius 2 is 1.56 bits per heavy atom. The number of amides is 3. The Morgan fingerprint density at radius 1 is 0.906 bits per heavy atom. The van der Waals surface area contributed by atoms with E-state index in [0.29, 0.717) is 43.7 Å². The van der Waals surface area contributed by atoms with E-state index in [1.54, 1.807) is 34.1 Å². The SMILES string of the molecule is CC(=O)c1ccc(NC(=O)C2CCN(C(=O)C3CC(=O)N(c4ccccc4)C3)CC2)cc1. The van der Waals surface area contributed by atoms with Crippen molar-refractivity contribution < 1.29 is 19.2 Å². The molecule has 1 N–H and O–H groups in total. The zero-order chi connectivity index (χ0) is 22.7. The predicted octanol–water partition coefficient (Wildman–Crippen LogP) is 3.12. The number of rotatable bonds is 5. The highest BCUT2D eigenvalue weighted by Crippen LogP contribution is 2.28. The van der Waals surface area contributed by atoms with E-state index in [1.165, 1.54) is 6.92 Å². The lowest BCUT2D eigenvalue weighted by Crippen LogP contribution is -2.44. The first kappa shape index (κ1) is 21.7. The van der Waals surface area contributed by atoms with Crippen molar-refractivity contribution >= 4 is 34.9 Å². The van der Waals surface area contributed by atoms with Gasteiger partial charge in [0.1, 0.15) is 0 Å². The Morgan fingerprint density at radius 3 is 2.19 bits per heavy atom. The van der Waals surface area contributed by atoms with Crippen LogP contribution in [-0.2, 0) is 14.4 Å². The van der Waals surface area contributed by atoms with Gasteiger partial charge in [-0.15, -0.1) is 0 Å². The molecule has 1 atom stereocenters. The first-order chi connectivity index (χ1) is 15.4. The van der Waals surface area contributed by atoms with Gasteiger partial charge < -0.3 is 15.1 Å². The van der Waals surface area contributed by atoms with Gasteiger partial charge in [-0.25, -0.2) is 0 Å². The molecule has 4 rings (SSSR count). The number of carbonyl (C=O) groups excluding carboxylic acids is 4. The number of nitrogens with one attached hydrogen (secondary N) is 1. The highest BCUT2D eigenvalue weighted by molar-refractivity contribution is 6.00. The van der Waals surface area contributed by atoms with Crippen LogP contribution in [0.4, 0.5) is 11.4 Å². The van der Waals surface area contributed by atoms with Gasteiger partial charge in [-0.2, -0.15) is 0 Å². The van der Waals surface area contributed by atoms with E-state index in [2.05, 4.69) is 5.32 Å². The monoisotopic (exact) mass is 433 g/mol. The molecule has 0 radical (unpaired) electrons. The molecular weight excluding hydrogens is 406 g/mol. The van der Waals surface area contributed by atoms with Crippen molar-refractivity contribution in [3.63, 3.8) is 0 Å². The third-order valence-electron chi connectivity index (χ3n) is 6.28. The lowest BCUT2D eigenvalue weighted by molar-refractivity contribution is -0.138. The number of benzene rings is 2. The molecule has 0 bridgehead atoms. The van der Waals surface area contributed by atoms with Gasteiger partial charge >= 0.3 is 0 Å². The molecule has 3 amide bonds. The van der Waals surface area contributed by atoms with Crippen LogP contribution in [-0.4, -0.2) is 48.0 Å². The Balaban J connectivity index is 1.28. The molecule has 2 aromatic rings.